The molecule has 1 fully saturated rings. The summed E-state index contributed by atoms with van der Waals surface area (Å²) in [4.78, 5) is 16.7. The van der Waals surface area contributed by atoms with Gasteiger partial charge in [0.25, 0.3) is 0 Å². The standard InChI is InChI=1S/C23H16ClF3N6O2/c24-14-3-1-2-13(8-14)22(6-7-22)21(35)29-17-9-16(20-30-32-33-31-20)15(10-18(17)34)12-4-5-19(28-11-12)23(25,26)27/h1-5,8-11,34H,6-7H2,(H,29,35)(H,30,31,32,33). The van der Waals surface area contributed by atoms with Gasteiger partial charge in [0.2, 0.25) is 11.7 Å². The third-order valence-electron chi connectivity index (χ3n) is 5.90. The normalized spacial score (nSPS) is 14.5. The molecule has 0 bridgehead atoms. The molecule has 2 aromatic carbocycles. The smallest absolute Gasteiger partial charge is 0.433 e. The second-order valence-corrected chi connectivity index (χ2v) is 8.56. The topological polar surface area (TPSA) is 117 Å². The fourth-order valence-corrected chi connectivity index (χ4v) is 4.10. The van der Waals surface area contributed by atoms with Crippen molar-refractivity contribution in [2.45, 2.75) is 24.4 Å². The Morgan fingerprint density at radius 2 is 1.91 bits per heavy atom. The third kappa shape index (κ3) is 4.30. The van der Waals surface area contributed by atoms with E-state index >= 15 is 0 Å². The van der Waals surface area contributed by atoms with Crippen molar-refractivity contribution in [3.05, 3.63) is 71.0 Å². The van der Waals surface area contributed by atoms with E-state index in [1.807, 2.05) is 6.07 Å². The summed E-state index contributed by atoms with van der Waals surface area (Å²) >= 11 is 6.09. The number of hydrogen-bond donors (Lipinski definition) is 3. The summed E-state index contributed by atoms with van der Waals surface area (Å²) < 4.78 is 38.8. The number of nitrogens with one attached hydrogen (secondary N) is 2. The number of carbonyl (C=O) groups is 1. The van der Waals surface area contributed by atoms with E-state index in [0.29, 0.717) is 29.0 Å². The molecule has 178 valence electrons. The molecule has 3 N–H and O–H groups in total. The highest BCUT2D eigenvalue weighted by Crippen LogP contribution is 2.50. The largest absolute Gasteiger partial charge is 0.506 e. The van der Waals surface area contributed by atoms with Crippen LogP contribution in [0.3, 0.4) is 0 Å². The van der Waals surface area contributed by atoms with Crippen LogP contribution >= 0.6 is 11.6 Å². The number of aromatic amines is 1. The number of amides is 1. The highest BCUT2D eigenvalue weighted by Gasteiger charge is 2.51. The van der Waals surface area contributed by atoms with Gasteiger partial charge in [0, 0.05) is 22.3 Å². The van der Waals surface area contributed by atoms with Gasteiger partial charge in [-0.3, -0.25) is 9.78 Å². The van der Waals surface area contributed by atoms with Crippen molar-refractivity contribution < 1.29 is 23.1 Å². The number of anilines is 1. The fraction of sp³-hybridized carbons (Fsp3) is 0.174. The number of alkyl halides is 3. The van der Waals surface area contributed by atoms with Crippen molar-refractivity contribution in [3.8, 4) is 28.3 Å². The van der Waals surface area contributed by atoms with Crippen LogP contribution < -0.4 is 5.32 Å². The SMILES string of the molecule is O=C(Nc1cc(-c2nn[nH]n2)c(-c2ccc(C(F)(F)F)nc2)cc1O)C1(c2cccc(Cl)c2)CC1. The Morgan fingerprint density at radius 3 is 2.51 bits per heavy atom. The number of benzene rings is 2. The second-order valence-electron chi connectivity index (χ2n) is 8.13. The number of tetrazole rings is 1. The van der Waals surface area contributed by atoms with Crippen LogP contribution in [0.2, 0.25) is 5.02 Å². The minimum Gasteiger partial charge on any atom is -0.506 e. The molecule has 1 saturated carbocycles. The van der Waals surface area contributed by atoms with E-state index in [4.69, 9.17) is 11.6 Å². The molecule has 35 heavy (non-hydrogen) atoms. The molecular formula is C23H16ClF3N6O2. The number of phenolic OH excluding ortho intramolecular Hbond substituents is 1. The highest BCUT2D eigenvalue weighted by molar-refractivity contribution is 6.30. The Kier molecular flexibility index (Phi) is 5.43. The first-order chi connectivity index (χ1) is 16.7. The number of hydrogen-bond acceptors (Lipinski definition) is 6. The molecule has 0 radical (unpaired) electrons. The van der Waals surface area contributed by atoms with Crippen LogP contribution in [0.15, 0.2) is 54.7 Å². The average Bonchev–Trinajstić information content (AvgIpc) is 3.47. The Balaban J connectivity index is 1.52. The van der Waals surface area contributed by atoms with Crippen LogP contribution in [0.25, 0.3) is 22.5 Å². The predicted molar refractivity (Wildman–Crippen MR) is 121 cm³/mol. The van der Waals surface area contributed by atoms with E-state index in [1.54, 1.807) is 18.2 Å². The molecule has 0 unspecified atom stereocenters. The molecule has 1 amide bonds. The van der Waals surface area contributed by atoms with Gasteiger partial charge in [-0.1, -0.05) is 29.8 Å². The molecule has 0 atom stereocenters. The predicted octanol–water partition coefficient (Wildman–Crippen LogP) is 4.98. The highest BCUT2D eigenvalue weighted by atomic mass is 35.5. The molecule has 1 aliphatic rings. The summed E-state index contributed by atoms with van der Waals surface area (Å²) in [5, 5.41) is 27.7. The van der Waals surface area contributed by atoms with Gasteiger partial charge < -0.3 is 10.4 Å². The number of halogens is 4. The maximum atomic E-state index is 13.2. The molecule has 12 heteroatoms. The number of carbonyl (C=O) groups excluding carboxylic acids is 1. The summed E-state index contributed by atoms with van der Waals surface area (Å²) in [6, 6.07) is 11.9. The van der Waals surface area contributed by atoms with Crippen LogP contribution in [-0.4, -0.2) is 36.6 Å². The van der Waals surface area contributed by atoms with Crippen molar-refractivity contribution in [2.75, 3.05) is 5.32 Å². The summed E-state index contributed by atoms with van der Waals surface area (Å²) in [6.45, 7) is 0. The van der Waals surface area contributed by atoms with Crippen LogP contribution in [0.1, 0.15) is 24.1 Å². The zero-order valence-electron chi connectivity index (χ0n) is 17.8. The number of phenols is 1. The van der Waals surface area contributed by atoms with Gasteiger partial charge in [0.15, 0.2) is 0 Å². The van der Waals surface area contributed by atoms with Gasteiger partial charge in [-0.2, -0.15) is 18.4 Å². The van der Waals surface area contributed by atoms with Crippen LogP contribution in [0.4, 0.5) is 18.9 Å². The van der Waals surface area contributed by atoms with Crippen molar-refractivity contribution in [1.29, 1.82) is 0 Å². The average molecular weight is 501 g/mol. The maximum absolute atomic E-state index is 13.2. The Labute approximate surface area is 201 Å². The number of rotatable bonds is 5. The molecule has 0 aliphatic heterocycles. The molecule has 0 saturated heterocycles. The lowest BCUT2D eigenvalue weighted by molar-refractivity contribution is -0.141. The first kappa shape index (κ1) is 22.8. The summed E-state index contributed by atoms with van der Waals surface area (Å²) in [5.74, 6) is -0.494. The minimum atomic E-state index is -4.59. The number of pyridine rings is 1. The van der Waals surface area contributed by atoms with Crippen molar-refractivity contribution in [3.63, 3.8) is 0 Å². The molecule has 5 rings (SSSR count). The molecule has 2 heterocycles. The lowest BCUT2D eigenvalue weighted by Crippen LogP contribution is -2.27. The van der Waals surface area contributed by atoms with Crippen LogP contribution in [0, 0.1) is 0 Å². The van der Waals surface area contributed by atoms with Gasteiger partial charge in [-0.25, -0.2) is 0 Å². The number of H-pyrrole nitrogens is 1. The number of aromatic nitrogens is 5. The van der Waals surface area contributed by atoms with E-state index in [0.717, 1.165) is 17.8 Å². The molecule has 4 aromatic rings. The van der Waals surface area contributed by atoms with E-state index < -0.39 is 17.3 Å². The van der Waals surface area contributed by atoms with E-state index in [9.17, 15) is 23.1 Å². The Hall–Kier alpha value is -3.99. The fourth-order valence-electron chi connectivity index (χ4n) is 3.91. The van der Waals surface area contributed by atoms with E-state index in [1.165, 1.54) is 18.2 Å². The minimum absolute atomic E-state index is 0.0896. The van der Waals surface area contributed by atoms with E-state index in [-0.39, 0.29) is 28.7 Å². The lowest BCUT2D eigenvalue weighted by atomic mass is 9.94. The van der Waals surface area contributed by atoms with Crippen LogP contribution in [-0.2, 0) is 16.4 Å². The van der Waals surface area contributed by atoms with Gasteiger partial charge in [-0.15, -0.1) is 10.2 Å². The molecule has 8 nitrogen and oxygen atoms in total. The van der Waals surface area contributed by atoms with Crippen molar-refractivity contribution in [1.82, 2.24) is 25.6 Å². The van der Waals surface area contributed by atoms with Crippen LogP contribution in [0.5, 0.6) is 5.75 Å². The first-order valence-electron chi connectivity index (χ1n) is 10.4. The quantitative estimate of drug-likeness (QED) is 0.333. The molecule has 1 aliphatic carbocycles. The van der Waals surface area contributed by atoms with E-state index in [2.05, 4.69) is 30.9 Å². The monoisotopic (exact) mass is 500 g/mol. The Bertz CT molecular complexity index is 1400. The van der Waals surface area contributed by atoms with Crippen molar-refractivity contribution in [2.24, 2.45) is 0 Å². The Morgan fingerprint density at radius 1 is 1.11 bits per heavy atom. The van der Waals surface area contributed by atoms with Gasteiger partial charge >= 0.3 is 6.18 Å². The summed E-state index contributed by atoms with van der Waals surface area (Å²) in [6.07, 6.45) is -2.31. The van der Waals surface area contributed by atoms with Gasteiger partial charge in [0.1, 0.15) is 11.4 Å². The number of nitrogens with zero attached hydrogens (tertiary/aromatic N) is 4. The lowest BCUT2D eigenvalue weighted by Gasteiger charge is -2.18. The molecule has 2 aromatic heterocycles. The molecular weight excluding hydrogens is 485 g/mol. The maximum Gasteiger partial charge on any atom is 0.433 e. The second kappa shape index (κ2) is 8.35. The van der Waals surface area contributed by atoms with Gasteiger partial charge in [0.05, 0.1) is 11.1 Å². The number of aromatic hydroxyl groups is 1. The van der Waals surface area contributed by atoms with Gasteiger partial charge in [-0.05, 0) is 59.5 Å². The third-order valence-corrected chi connectivity index (χ3v) is 6.13. The summed E-state index contributed by atoms with van der Waals surface area (Å²) in [5.41, 5.74) is -0.0471. The zero-order valence-corrected chi connectivity index (χ0v) is 18.5. The summed E-state index contributed by atoms with van der Waals surface area (Å²) in [7, 11) is 0. The zero-order chi connectivity index (χ0) is 24.8. The first-order valence-corrected chi connectivity index (χ1v) is 10.8. The van der Waals surface area contributed by atoms with Crippen molar-refractivity contribution >= 4 is 23.2 Å². The molecule has 0 spiro atoms.